The van der Waals surface area contributed by atoms with Crippen molar-refractivity contribution in [2.24, 2.45) is 5.92 Å². The Morgan fingerprint density at radius 2 is 1.79 bits per heavy atom. The molecule has 148 valence electrons. The quantitative estimate of drug-likeness (QED) is 0.797. The summed E-state index contributed by atoms with van der Waals surface area (Å²) >= 11 is 0. The molecule has 1 aliphatic heterocycles. The van der Waals surface area contributed by atoms with Crippen LogP contribution in [0.3, 0.4) is 0 Å². The van der Waals surface area contributed by atoms with Crippen LogP contribution in [0.15, 0.2) is 48.5 Å². The fraction of sp³-hybridized carbons (Fsp3) is 0.391. The molecule has 1 aliphatic rings. The Morgan fingerprint density at radius 1 is 1.07 bits per heavy atom. The second-order valence-electron chi connectivity index (χ2n) is 7.38. The summed E-state index contributed by atoms with van der Waals surface area (Å²) in [7, 11) is 0. The Balaban J connectivity index is 1.61. The van der Waals surface area contributed by atoms with Crippen LogP contribution in [0.4, 0.5) is 5.69 Å². The maximum Gasteiger partial charge on any atom is 0.255 e. The first kappa shape index (κ1) is 19.9. The average Bonchev–Trinajstić information content (AvgIpc) is 2.73. The van der Waals surface area contributed by atoms with E-state index in [1.165, 1.54) is 0 Å². The van der Waals surface area contributed by atoms with Gasteiger partial charge >= 0.3 is 0 Å². The van der Waals surface area contributed by atoms with E-state index in [2.05, 4.69) is 12.2 Å². The maximum atomic E-state index is 12.6. The second kappa shape index (κ2) is 9.40. The molecular formula is C23H28N2O3. The van der Waals surface area contributed by atoms with E-state index in [0.29, 0.717) is 35.1 Å². The van der Waals surface area contributed by atoms with Crippen LogP contribution in [0.2, 0.25) is 0 Å². The van der Waals surface area contributed by atoms with Gasteiger partial charge in [0.2, 0.25) is 0 Å². The first-order valence-corrected chi connectivity index (χ1v) is 10.0. The van der Waals surface area contributed by atoms with Gasteiger partial charge in [0.1, 0.15) is 5.75 Å². The number of piperidine rings is 1. The highest BCUT2D eigenvalue weighted by atomic mass is 16.5. The normalized spacial score (nSPS) is 14.6. The van der Waals surface area contributed by atoms with E-state index in [1.807, 2.05) is 17.9 Å². The number of ether oxygens (including phenoxy) is 1. The number of hydrogen-bond acceptors (Lipinski definition) is 3. The Morgan fingerprint density at radius 3 is 2.46 bits per heavy atom. The summed E-state index contributed by atoms with van der Waals surface area (Å²) in [5.41, 5.74) is 1.85. The van der Waals surface area contributed by atoms with Crippen molar-refractivity contribution in [2.75, 3.05) is 25.0 Å². The first-order valence-electron chi connectivity index (χ1n) is 10.0. The zero-order chi connectivity index (χ0) is 19.9. The standard InChI is InChI=1S/C23H28N2O3/c1-3-15-28-21-6-4-5-19(16-21)22(26)24-20-9-7-18(8-10-20)23(27)25-13-11-17(2)12-14-25/h4-10,16-17H,3,11-15H2,1-2H3,(H,24,26). The lowest BCUT2D eigenvalue weighted by Gasteiger charge is -2.30. The summed E-state index contributed by atoms with van der Waals surface area (Å²) in [6.07, 6.45) is 3.03. The van der Waals surface area contributed by atoms with Crippen LogP contribution in [0.5, 0.6) is 5.75 Å². The molecule has 0 radical (unpaired) electrons. The van der Waals surface area contributed by atoms with Crippen molar-refractivity contribution in [2.45, 2.75) is 33.1 Å². The Labute approximate surface area is 166 Å². The molecule has 0 aromatic heterocycles. The fourth-order valence-electron chi connectivity index (χ4n) is 3.24. The maximum absolute atomic E-state index is 12.6. The largest absolute Gasteiger partial charge is 0.494 e. The number of nitrogens with zero attached hydrogens (tertiary/aromatic N) is 1. The zero-order valence-corrected chi connectivity index (χ0v) is 16.6. The molecule has 0 aliphatic carbocycles. The summed E-state index contributed by atoms with van der Waals surface area (Å²) in [6.45, 7) is 6.52. The predicted molar refractivity (Wildman–Crippen MR) is 111 cm³/mol. The first-order chi connectivity index (χ1) is 13.6. The van der Waals surface area contributed by atoms with Gasteiger partial charge in [-0.15, -0.1) is 0 Å². The van der Waals surface area contributed by atoms with Crippen LogP contribution >= 0.6 is 0 Å². The highest BCUT2D eigenvalue weighted by molar-refractivity contribution is 6.04. The molecule has 5 nitrogen and oxygen atoms in total. The molecule has 1 heterocycles. The van der Waals surface area contributed by atoms with E-state index in [0.717, 1.165) is 32.4 Å². The van der Waals surface area contributed by atoms with E-state index < -0.39 is 0 Å². The zero-order valence-electron chi connectivity index (χ0n) is 16.6. The second-order valence-corrected chi connectivity index (χ2v) is 7.38. The van der Waals surface area contributed by atoms with E-state index >= 15 is 0 Å². The van der Waals surface area contributed by atoms with Gasteiger partial charge in [0.05, 0.1) is 6.61 Å². The minimum atomic E-state index is -0.203. The van der Waals surface area contributed by atoms with Crippen LogP contribution in [0, 0.1) is 5.92 Å². The molecule has 3 rings (SSSR count). The molecule has 0 spiro atoms. The fourth-order valence-corrected chi connectivity index (χ4v) is 3.24. The number of rotatable bonds is 6. The number of carbonyl (C=O) groups is 2. The van der Waals surface area contributed by atoms with Crippen LogP contribution < -0.4 is 10.1 Å². The minimum Gasteiger partial charge on any atom is -0.494 e. The van der Waals surface area contributed by atoms with Gasteiger partial charge in [-0.2, -0.15) is 0 Å². The molecule has 28 heavy (non-hydrogen) atoms. The van der Waals surface area contributed by atoms with Crippen molar-refractivity contribution >= 4 is 17.5 Å². The van der Waals surface area contributed by atoms with Gasteiger partial charge in [0.25, 0.3) is 11.8 Å². The molecular weight excluding hydrogens is 352 g/mol. The van der Waals surface area contributed by atoms with Crippen molar-refractivity contribution in [1.82, 2.24) is 4.90 Å². The van der Waals surface area contributed by atoms with Crippen LogP contribution in [-0.2, 0) is 0 Å². The van der Waals surface area contributed by atoms with Gasteiger partial charge < -0.3 is 15.0 Å². The molecule has 2 amide bonds. The molecule has 0 saturated carbocycles. The molecule has 2 aromatic rings. The van der Waals surface area contributed by atoms with Crippen LogP contribution in [-0.4, -0.2) is 36.4 Å². The number of carbonyl (C=O) groups excluding carboxylic acids is 2. The smallest absolute Gasteiger partial charge is 0.255 e. The highest BCUT2D eigenvalue weighted by Crippen LogP contribution is 2.20. The molecule has 2 aromatic carbocycles. The van der Waals surface area contributed by atoms with Crippen molar-refractivity contribution in [3.8, 4) is 5.75 Å². The average molecular weight is 380 g/mol. The molecule has 0 unspecified atom stereocenters. The Bertz CT molecular complexity index is 809. The van der Waals surface area contributed by atoms with E-state index in [4.69, 9.17) is 4.74 Å². The van der Waals surface area contributed by atoms with Crippen LogP contribution in [0.1, 0.15) is 53.8 Å². The number of benzene rings is 2. The number of likely N-dealkylation sites (tertiary alicyclic amines) is 1. The molecule has 0 atom stereocenters. The van der Waals surface area contributed by atoms with E-state index in [1.54, 1.807) is 42.5 Å². The van der Waals surface area contributed by atoms with Gasteiger partial charge in [0.15, 0.2) is 0 Å². The van der Waals surface area contributed by atoms with Gasteiger partial charge in [-0.1, -0.05) is 19.9 Å². The SMILES string of the molecule is CCCOc1cccc(C(=O)Nc2ccc(C(=O)N3CCC(C)CC3)cc2)c1. The molecule has 1 fully saturated rings. The number of nitrogens with one attached hydrogen (secondary N) is 1. The summed E-state index contributed by atoms with van der Waals surface area (Å²) in [5, 5.41) is 2.87. The summed E-state index contributed by atoms with van der Waals surface area (Å²) in [4.78, 5) is 27.0. The lowest BCUT2D eigenvalue weighted by molar-refractivity contribution is 0.0697. The van der Waals surface area contributed by atoms with Gasteiger partial charge in [0, 0.05) is 29.9 Å². The summed E-state index contributed by atoms with van der Waals surface area (Å²) < 4.78 is 5.58. The van der Waals surface area contributed by atoms with Crippen LogP contribution in [0.25, 0.3) is 0 Å². The molecule has 0 bridgehead atoms. The van der Waals surface area contributed by atoms with Crippen molar-refractivity contribution < 1.29 is 14.3 Å². The van der Waals surface area contributed by atoms with E-state index in [9.17, 15) is 9.59 Å². The Hall–Kier alpha value is -2.82. The van der Waals surface area contributed by atoms with Gasteiger partial charge in [-0.05, 0) is 67.6 Å². The molecule has 1 N–H and O–H groups in total. The Kier molecular flexibility index (Phi) is 6.69. The topological polar surface area (TPSA) is 58.6 Å². The minimum absolute atomic E-state index is 0.0607. The monoisotopic (exact) mass is 380 g/mol. The number of amides is 2. The van der Waals surface area contributed by atoms with Crippen molar-refractivity contribution in [3.63, 3.8) is 0 Å². The lowest BCUT2D eigenvalue weighted by Crippen LogP contribution is -2.37. The number of anilines is 1. The summed E-state index contributed by atoms with van der Waals surface area (Å²) in [6, 6.07) is 14.2. The van der Waals surface area contributed by atoms with Crippen molar-refractivity contribution in [3.05, 3.63) is 59.7 Å². The summed E-state index contributed by atoms with van der Waals surface area (Å²) in [5.74, 6) is 1.23. The highest BCUT2D eigenvalue weighted by Gasteiger charge is 2.21. The third kappa shape index (κ3) is 5.12. The molecule has 1 saturated heterocycles. The van der Waals surface area contributed by atoms with Gasteiger partial charge in [-0.3, -0.25) is 9.59 Å². The third-order valence-corrected chi connectivity index (χ3v) is 5.03. The number of hydrogen-bond donors (Lipinski definition) is 1. The van der Waals surface area contributed by atoms with E-state index in [-0.39, 0.29) is 11.8 Å². The lowest BCUT2D eigenvalue weighted by atomic mass is 9.98. The van der Waals surface area contributed by atoms with Crippen molar-refractivity contribution in [1.29, 1.82) is 0 Å². The van der Waals surface area contributed by atoms with Gasteiger partial charge in [-0.25, -0.2) is 0 Å². The third-order valence-electron chi connectivity index (χ3n) is 5.03. The molecule has 5 heteroatoms. The predicted octanol–water partition coefficient (Wildman–Crippen LogP) is 4.60.